The fourth-order valence-electron chi connectivity index (χ4n) is 3.22. The average Bonchev–Trinajstić information content (AvgIpc) is 2.75. The lowest BCUT2D eigenvalue weighted by atomic mass is 9.80. The van der Waals surface area contributed by atoms with Crippen molar-refractivity contribution in [1.82, 2.24) is 9.80 Å². The molecule has 2 aromatic rings. The van der Waals surface area contributed by atoms with E-state index < -0.39 is 0 Å². The molecule has 120 valence electrons. The van der Waals surface area contributed by atoms with Gasteiger partial charge in [-0.3, -0.25) is 0 Å². The van der Waals surface area contributed by atoms with Crippen LogP contribution in [-0.4, -0.2) is 72.4 Å². The Morgan fingerprint density at radius 3 is 2.48 bits per heavy atom. The summed E-state index contributed by atoms with van der Waals surface area (Å²) in [5.74, 6) is 0.917. The van der Waals surface area contributed by atoms with Crippen LogP contribution in [0.25, 0.3) is 0 Å². The smallest absolute Gasteiger partial charge is 0.139 e. The van der Waals surface area contributed by atoms with Crippen LogP contribution in [0.1, 0.15) is 10.4 Å². The maximum absolute atomic E-state index is 6.41. The summed E-state index contributed by atoms with van der Waals surface area (Å²) in [6, 6.07) is 3.67. The number of nitrogens with zero attached hydrogens (tertiary/aromatic N) is 3. The molecule has 1 fully saturated rings. The molecule has 0 saturated carbocycles. The largest absolute Gasteiger partial charge is 0.353 e. The van der Waals surface area contributed by atoms with Crippen molar-refractivity contribution in [2.45, 2.75) is 6.92 Å². The average molecular weight is 342 g/mol. The minimum atomic E-state index is 0.538. The quantitative estimate of drug-likeness (QED) is 0.675. The first-order valence-corrected chi connectivity index (χ1v) is 9.13. The molecule has 4 nitrogen and oxygen atoms in total. The predicted molar refractivity (Wildman–Crippen MR) is 110 cm³/mol. The second kappa shape index (κ2) is 6.25. The van der Waals surface area contributed by atoms with Crippen molar-refractivity contribution >= 4 is 73.5 Å². The number of nitrogens with one attached hydrogen (secondary N) is 1. The number of aryl methyl sites for hydroxylation is 1. The van der Waals surface area contributed by atoms with E-state index in [1.54, 1.807) is 11.3 Å². The molecule has 2 aliphatic heterocycles. The fourth-order valence-corrected chi connectivity index (χ4v) is 4.20. The van der Waals surface area contributed by atoms with E-state index >= 15 is 0 Å². The Bertz CT molecular complexity index is 869. The number of rotatable bonds is 0. The third kappa shape index (κ3) is 2.91. The monoisotopic (exact) mass is 342 g/mol. The van der Waals surface area contributed by atoms with E-state index in [4.69, 9.17) is 28.5 Å². The Morgan fingerprint density at radius 2 is 1.76 bits per heavy atom. The fraction of sp³-hybridized carbons (Fsp3) is 0.353. The molecule has 3 heterocycles. The van der Waals surface area contributed by atoms with Gasteiger partial charge in [0.05, 0.1) is 11.4 Å². The summed E-state index contributed by atoms with van der Waals surface area (Å²) in [6.45, 7) is 5.88. The van der Waals surface area contributed by atoms with Crippen LogP contribution < -0.4 is 21.7 Å². The number of likely N-dealkylation sites (N-methyl/N-ethyl adjacent to an activating group) is 1. The lowest BCUT2D eigenvalue weighted by Gasteiger charge is -2.34. The highest BCUT2D eigenvalue weighted by Crippen LogP contribution is 2.37. The molecule has 0 amide bonds. The Hall–Kier alpha value is -1.66. The SMILES string of the molecule is [B]c1cc2c(cc1[B])Nc1sc(C)c([B])c1C(N1CCN(C)CC1)=N2. The molecule has 0 bridgehead atoms. The molecule has 6 radical (unpaired) electrons. The molecular weight excluding hydrogens is 325 g/mol. The lowest BCUT2D eigenvalue weighted by molar-refractivity contribution is 0.216. The number of benzene rings is 1. The van der Waals surface area contributed by atoms with Gasteiger partial charge < -0.3 is 15.1 Å². The summed E-state index contributed by atoms with van der Waals surface area (Å²) >= 11 is 1.65. The second-order valence-electron chi connectivity index (χ2n) is 6.63. The highest BCUT2D eigenvalue weighted by Gasteiger charge is 2.27. The maximum atomic E-state index is 6.41. The number of hydrogen-bond donors (Lipinski definition) is 1. The van der Waals surface area contributed by atoms with Crippen LogP contribution in [-0.2, 0) is 0 Å². The van der Waals surface area contributed by atoms with Gasteiger partial charge in [-0.05, 0) is 31.0 Å². The van der Waals surface area contributed by atoms with E-state index in [0.29, 0.717) is 10.9 Å². The van der Waals surface area contributed by atoms with Gasteiger partial charge in [0.2, 0.25) is 0 Å². The number of anilines is 2. The van der Waals surface area contributed by atoms with Crippen molar-refractivity contribution in [1.29, 1.82) is 0 Å². The molecule has 1 aromatic heterocycles. The zero-order valence-electron chi connectivity index (χ0n) is 14.5. The minimum absolute atomic E-state index is 0.538. The van der Waals surface area contributed by atoms with E-state index in [1.165, 1.54) is 0 Å². The van der Waals surface area contributed by atoms with Crippen LogP contribution in [0.15, 0.2) is 17.1 Å². The van der Waals surface area contributed by atoms with E-state index in [1.807, 2.05) is 19.1 Å². The molecule has 0 atom stereocenters. The molecule has 4 rings (SSSR count). The third-order valence-electron chi connectivity index (χ3n) is 4.83. The number of thiophene rings is 1. The molecule has 2 aliphatic rings. The van der Waals surface area contributed by atoms with Gasteiger partial charge in [0.1, 0.15) is 34.4 Å². The lowest BCUT2D eigenvalue weighted by Crippen LogP contribution is -2.48. The predicted octanol–water partition coefficient (Wildman–Crippen LogP) is -0.179. The molecule has 8 heteroatoms. The first-order valence-electron chi connectivity index (χ1n) is 8.31. The van der Waals surface area contributed by atoms with Crippen molar-refractivity contribution in [3.05, 3.63) is 22.6 Å². The highest BCUT2D eigenvalue weighted by atomic mass is 32.1. The van der Waals surface area contributed by atoms with Crippen LogP contribution >= 0.6 is 11.3 Å². The van der Waals surface area contributed by atoms with Crippen molar-refractivity contribution < 1.29 is 0 Å². The van der Waals surface area contributed by atoms with Gasteiger partial charge >= 0.3 is 0 Å². The standard InChI is InChI=1S/C17H17B3N4S/c1-9-15(20)14-16(24-5-3-23(2)4-6-24)21-12-7-10(18)11(19)8-13(12)22-17(14)25-9/h7-8,22H,3-6H2,1-2H3. The first kappa shape index (κ1) is 16.8. The van der Waals surface area contributed by atoms with Crippen LogP contribution in [0.5, 0.6) is 0 Å². The minimum Gasteiger partial charge on any atom is -0.353 e. The van der Waals surface area contributed by atoms with Crippen LogP contribution in [0.2, 0.25) is 0 Å². The summed E-state index contributed by atoms with van der Waals surface area (Å²) in [5.41, 5.74) is 4.52. The molecule has 1 aromatic carbocycles. The number of hydrogen-bond acceptors (Lipinski definition) is 5. The Morgan fingerprint density at radius 1 is 1.08 bits per heavy atom. The van der Waals surface area contributed by atoms with Crippen LogP contribution in [0.4, 0.5) is 16.4 Å². The van der Waals surface area contributed by atoms with Gasteiger partial charge in [0.25, 0.3) is 0 Å². The third-order valence-corrected chi connectivity index (χ3v) is 5.87. The zero-order chi connectivity index (χ0) is 17.7. The molecule has 1 N–H and O–H groups in total. The number of aliphatic imine (C=N–C) groups is 1. The molecule has 0 unspecified atom stereocenters. The van der Waals surface area contributed by atoms with Gasteiger partial charge in [-0.1, -0.05) is 5.46 Å². The van der Waals surface area contributed by atoms with Crippen LogP contribution in [0, 0.1) is 6.92 Å². The Labute approximate surface area is 156 Å². The van der Waals surface area contributed by atoms with Crippen LogP contribution in [0.3, 0.4) is 0 Å². The zero-order valence-corrected chi connectivity index (χ0v) is 15.3. The summed E-state index contributed by atoms with van der Waals surface area (Å²) < 4.78 is 0. The molecule has 0 spiro atoms. The number of fused-ring (bicyclic) bond motifs is 2. The second-order valence-corrected chi connectivity index (χ2v) is 7.85. The van der Waals surface area contributed by atoms with Gasteiger partial charge in [-0.25, -0.2) is 4.99 Å². The maximum Gasteiger partial charge on any atom is 0.139 e. The number of amidine groups is 1. The van der Waals surface area contributed by atoms with E-state index in [0.717, 1.165) is 64.3 Å². The molecule has 25 heavy (non-hydrogen) atoms. The van der Waals surface area contributed by atoms with E-state index in [2.05, 4.69) is 22.2 Å². The molecule has 0 aliphatic carbocycles. The molecular formula is C17H17B3N4S. The van der Waals surface area contributed by atoms with Crippen molar-refractivity contribution in [3.8, 4) is 0 Å². The normalized spacial score (nSPS) is 17.4. The summed E-state index contributed by atoms with van der Waals surface area (Å²) in [5, 5.41) is 4.47. The summed E-state index contributed by atoms with van der Waals surface area (Å²) in [6.07, 6.45) is 0. The highest BCUT2D eigenvalue weighted by molar-refractivity contribution is 7.17. The molecule has 1 saturated heterocycles. The summed E-state index contributed by atoms with van der Waals surface area (Å²) in [4.78, 5) is 10.7. The Balaban J connectivity index is 1.88. The van der Waals surface area contributed by atoms with E-state index in [9.17, 15) is 0 Å². The first-order chi connectivity index (χ1) is 11.9. The van der Waals surface area contributed by atoms with Gasteiger partial charge in [0, 0.05) is 31.7 Å². The van der Waals surface area contributed by atoms with Gasteiger partial charge in [0.15, 0.2) is 0 Å². The van der Waals surface area contributed by atoms with E-state index in [-0.39, 0.29) is 0 Å². The Kier molecular flexibility index (Phi) is 4.20. The topological polar surface area (TPSA) is 30.9 Å². The van der Waals surface area contributed by atoms with Gasteiger partial charge in [-0.2, -0.15) is 0 Å². The van der Waals surface area contributed by atoms with Crippen molar-refractivity contribution in [3.63, 3.8) is 0 Å². The van der Waals surface area contributed by atoms with Crippen molar-refractivity contribution in [2.75, 3.05) is 38.5 Å². The van der Waals surface area contributed by atoms with Gasteiger partial charge in [-0.15, -0.1) is 22.3 Å². The van der Waals surface area contributed by atoms with Crippen molar-refractivity contribution in [2.24, 2.45) is 4.99 Å². The number of piperazine rings is 1. The summed E-state index contributed by atoms with van der Waals surface area (Å²) in [7, 11) is 20.6.